The van der Waals surface area contributed by atoms with Crippen LogP contribution in [-0.4, -0.2) is 47.2 Å². The van der Waals surface area contributed by atoms with Crippen LogP contribution in [0.3, 0.4) is 0 Å². The second-order valence-electron chi connectivity index (χ2n) is 6.39. The van der Waals surface area contributed by atoms with Crippen molar-refractivity contribution >= 4 is 29.1 Å². The molecular weight excluding hydrogens is 468 g/mol. The lowest BCUT2D eigenvalue weighted by Crippen LogP contribution is -2.40. The van der Waals surface area contributed by atoms with E-state index in [4.69, 9.17) is 11.6 Å². The predicted octanol–water partition coefficient (Wildman–Crippen LogP) is 4.84. The number of ether oxygens (including phenoxy) is 1. The van der Waals surface area contributed by atoms with Crippen molar-refractivity contribution in [1.82, 2.24) is 9.88 Å². The van der Waals surface area contributed by atoms with Gasteiger partial charge < -0.3 is 15.0 Å². The highest BCUT2D eigenvalue weighted by atomic mass is 35.5. The first-order chi connectivity index (χ1) is 14.8. The first-order valence-corrected chi connectivity index (χ1v) is 9.29. The third-order valence-corrected chi connectivity index (χ3v) is 4.18. The molecule has 0 saturated heterocycles. The van der Waals surface area contributed by atoms with Crippen LogP contribution < -0.4 is 10.1 Å². The number of hydrogen-bond acceptors (Lipinski definition) is 4. The zero-order chi connectivity index (χ0) is 24.1. The normalized spacial score (nSPS) is 11.8. The molecule has 2 rings (SSSR count). The molecule has 0 radical (unpaired) electrons. The standard InChI is InChI=1S/C19H16ClF6N3O3/c1-2-29(17(31)19(24,25)26)9-11-4-3-5-13(6-11)28-15(30)12-7-14(20)16(27-8-12)32-10-18(21,22)23/h3-8H,2,9-10H2,1H3,(H,28,30). The number of rotatable bonds is 7. The molecule has 1 heterocycles. The summed E-state index contributed by atoms with van der Waals surface area (Å²) < 4.78 is 79.1. The number of halogens is 7. The Morgan fingerprint density at radius 1 is 1.16 bits per heavy atom. The topological polar surface area (TPSA) is 71.5 Å². The summed E-state index contributed by atoms with van der Waals surface area (Å²) in [4.78, 5) is 28.0. The van der Waals surface area contributed by atoms with Gasteiger partial charge in [0, 0.05) is 25.0 Å². The van der Waals surface area contributed by atoms with Gasteiger partial charge >= 0.3 is 18.3 Å². The van der Waals surface area contributed by atoms with Crippen LogP contribution in [0.1, 0.15) is 22.8 Å². The van der Waals surface area contributed by atoms with E-state index in [1.165, 1.54) is 31.2 Å². The number of pyridine rings is 1. The van der Waals surface area contributed by atoms with E-state index in [-0.39, 0.29) is 29.4 Å². The minimum atomic E-state index is -5.01. The maximum atomic E-state index is 12.7. The molecule has 0 bridgehead atoms. The predicted molar refractivity (Wildman–Crippen MR) is 102 cm³/mol. The van der Waals surface area contributed by atoms with Crippen molar-refractivity contribution in [3.05, 3.63) is 52.7 Å². The van der Waals surface area contributed by atoms with Gasteiger partial charge in [-0.15, -0.1) is 0 Å². The van der Waals surface area contributed by atoms with E-state index >= 15 is 0 Å². The maximum Gasteiger partial charge on any atom is 0.471 e. The molecule has 0 saturated carbocycles. The van der Waals surface area contributed by atoms with Crippen LogP contribution in [0.4, 0.5) is 32.0 Å². The number of carbonyl (C=O) groups is 2. The fourth-order valence-corrected chi connectivity index (χ4v) is 2.70. The molecule has 1 aromatic heterocycles. The van der Waals surface area contributed by atoms with E-state index in [1.807, 2.05) is 0 Å². The number of hydrogen-bond donors (Lipinski definition) is 1. The van der Waals surface area contributed by atoms with Gasteiger partial charge in [-0.25, -0.2) is 4.98 Å². The lowest BCUT2D eigenvalue weighted by atomic mass is 10.1. The minimum Gasteiger partial charge on any atom is -0.467 e. The summed E-state index contributed by atoms with van der Waals surface area (Å²) in [5, 5.41) is 2.15. The van der Waals surface area contributed by atoms with E-state index in [0.717, 1.165) is 12.3 Å². The Kier molecular flexibility index (Phi) is 7.94. The number of benzene rings is 1. The van der Waals surface area contributed by atoms with E-state index in [9.17, 15) is 35.9 Å². The molecule has 32 heavy (non-hydrogen) atoms. The second-order valence-corrected chi connectivity index (χ2v) is 6.79. The molecule has 6 nitrogen and oxygen atoms in total. The smallest absolute Gasteiger partial charge is 0.467 e. The number of amides is 2. The fourth-order valence-electron chi connectivity index (χ4n) is 2.48. The summed E-state index contributed by atoms with van der Waals surface area (Å²) in [5.74, 6) is -3.21. The molecule has 2 aromatic rings. The van der Waals surface area contributed by atoms with Crippen molar-refractivity contribution in [1.29, 1.82) is 0 Å². The van der Waals surface area contributed by atoms with Crippen molar-refractivity contribution in [2.45, 2.75) is 25.8 Å². The van der Waals surface area contributed by atoms with Gasteiger partial charge in [-0.1, -0.05) is 23.7 Å². The quantitative estimate of drug-likeness (QED) is 0.572. The number of nitrogens with zero attached hydrogens (tertiary/aromatic N) is 2. The first kappa shape index (κ1) is 25.2. The van der Waals surface area contributed by atoms with Gasteiger partial charge in [0.05, 0.1) is 5.56 Å². The summed E-state index contributed by atoms with van der Waals surface area (Å²) >= 11 is 5.81. The molecule has 0 unspecified atom stereocenters. The zero-order valence-corrected chi connectivity index (χ0v) is 17.1. The maximum absolute atomic E-state index is 12.7. The molecule has 0 aliphatic heterocycles. The van der Waals surface area contributed by atoms with Crippen LogP contribution in [0, 0.1) is 0 Å². The number of nitrogens with one attached hydrogen (secondary N) is 1. The van der Waals surface area contributed by atoms with E-state index in [0.29, 0.717) is 10.5 Å². The van der Waals surface area contributed by atoms with Gasteiger partial charge in [-0.3, -0.25) is 9.59 Å². The van der Waals surface area contributed by atoms with Gasteiger partial charge in [0.2, 0.25) is 5.88 Å². The number of aromatic nitrogens is 1. The van der Waals surface area contributed by atoms with Crippen molar-refractivity contribution in [2.75, 3.05) is 18.5 Å². The second kappa shape index (κ2) is 10.1. The van der Waals surface area contributed by atoms with Crippen molar-refractivity contribution in [3.8, 4) is 5.88 Å². The lowest BCUT2D eigenvalue weighted by molar-refractivity contribution is -0.185. The zero-order valence-electron chi connectivity index (χ0n) is 16.4. The molecule has 2 amide bonds. The van der Waals surface area contributed by atoms with Crippen LogP contribution in [0.2, 0.25) is 5.02 Å². The highest BCUT2D eigenvalue weighted by Gasteiger charge is 2.41. The van der Waals surface area contributed by atoms with Gasteiger partial charge in [-0.05, 0) is 30.7 Å². The molecule has 174 valence electrons. The Balaban J connectivity index is 2.09. The summed E-state index contributed by atoms with van der Waals surface area (Å²) in [6.07, 6.45) is -8.65. The summed E-state index contributed by atoms with van der Waals surface area (Å²) in [6, 6.07) is 6.84. The molecular formula is C19H16ClF6N3O3. The lowest BCUT2D eigenvalue weighted by Gasteiger charge is -2.22. The molecule has 13 heteroatoms. The molecule has 1 N–H and O–H groups in total. The van der Waals surface area contributed by atoms with Gasteiger partial charge in [0.15, 0.2) is 6.61 Å². The fraction of sp³-hybridized carbons (Fsp3) is 0.316. The highest BCUT2D eigenvalue weighted by molar-refractivity contribution is 6.32. The highest BCUT2D eigenvalue weighted by Crippen LogP contribution is 2.26. The van der Waals surface area contributed by atoms with Crippen molar-refractivity contribution in [3.63, 3.8) is 0 Å². The van der Waals surface area contributed by atoms with Crippen LogP contribution in [0.25, 0.3) is 0 Å². The average Bonchev–Trinajstić information content (AvgIpc) is 2.69. The largest absolute Gasteiger partial charge is 0.471 e. The molecule has 0 fully saturated rings. The van der Waals surface area contributed by atoms with E-state index in [1.54, 1.807) is 0 Å². The number of anilines is 1. The van der Waals surface area contributed by atoms with Crippen molar-refractivity contribution < 1.29 is 40.7 Å². The Bertz CT molecular complexity index is 982. The van der Waals surface area contributed by atoms with Crippen LogP contribution in [0.5, 0.6) is 5.88 Å². The van der Waals surface area contributed by atoms with E-state index < -0.39 is 36.7 Å². The summed E-state index contributed by atoms with van der Waals surface area (Å²) in [5.41, 5.74) is 0.438. The van der Waals surface area contributed by atoms with Crippen LogP contribution in [-0.2, 0) is 11.3 Å². The Morgan fingerprint density at radius 2 is 1.84 bits per heavy atom. The Morgan fingerprint density at radius 3 is 2.41 bits per heavy atom. The van der Waals surface area contributed by atoms with Crippen LogP contribution in [0.15, 0.2) is 36.5 Å². The number of alkyl halides is 6. The molecule has 1 aromatic carbocycles. The molecule has 0 aliphatic carbocycles. The summed E-state index contributed by atoms with van der Waals surface area (Å²) in [6.45, 7) is -0.725. The SMILES string of the molecule is CCN(Cc1cccc(NC(=O)c2cnc(OCC(F)(F)F)c(Cl)c2)c1)C(=O)C(F)(F)F. The van der Waals surface area contributed by atoms with Crippen LogP contribution >= 0.6 is 11.6 Å². The third kappa shape index (κ3) is 7.29. The van der Waals surface area contributed by atoms with Crippen molar-refractivity contribution in [2.24, 2.45) is 0 Å². The Hall–Kier alpha value is -3.02. The Labute approximate surface area is 183 Å². The van der Waals surface area contributed by atoms with Gasteiger partial charge in [0.25, 0.3) is 5.91 Å². The monoisotopic (exact) mass is 483 g/mol. The number of carbonyl (C=O) groups excluding carboxylic acids is 2. The molecule has 0 spiro atoms. The average molecular weight is 484 g/mol. The first-order valence-electron chi connectivity index (χ1n) is 8.91. The molecule has 0 atom stereocenters. The van der Waals surface area contributed by atoms with E-state index in [2.05, 4.69) is 15.0 Å². The van der Waals surface area contributed by atoms with Gasteiger partial charge in [-0.2, -0.15) is 26.3 Å². The van der Waals surface area contributed by atoms with Gasteiger partial charge in [0.1, 0.15) is 5.02 Å². The minimum absolute atomic E-state index is 0.0952. The molecule has 0 aliphatic rings. The summed E-state index contributed by atoms with van der Waals surface area (Å²) in [7, 11) is 0. The third-order valence-electron chi connectivity index (χ3n) is 3.91.